The van der Waals surface area contributed by atoms with Crippen molar-refractivity contribution >= 4 is 11.6 Å². The zero-order valence-electron chi connectivity index (χ0n) is 17.5. The minimum absolute atomic E-state index is 0.0677. The molecule has 0 unspecified atom stereocenters. The second-order valence-corrected chi connectivity index (χ2v) is 7.55. The Morgan fingerprint density at radius 1 is 1.17 bits per heavy atom. The highest BCUT2D eigenvalue weighted by molar-refractivity contribution is 5.85. The molecule has 2 aromatic carbocycles. The first kappa shape index (κ1) is 20.7. The van der Waals surface area contributed by atoms with Gasteiger partial charge in [0.25, 0.3) is 5.91 Å². The van der Waals surface area contributed by atoms with E-state index in [0.29, 0.717) is 5.92 Å². The fourth-order valence-electron chi connectivity index (χ4n) is 3.06. The molecule has 0 radical (unpaired) electrons. The number of hydrogen-bond acceptors (Lipinski definition) is 5. The van der Waals surface area contributed by atoms with Crippen molar-refractivity contribution < 1.29 is 19.0 Å². The standard InChI is InChI=1S/C23H28N2O4/c1-15(2)19-11-16(3)5-9-20(19)27-13-23(26)25-24-17(4)6-7-18-8-10-21-22(12-18)29-14-28-21/h5,8-12,15H,6-7,13-14H2,1-4H3,(H,25,26). The molecule has 6 nitrogen and oxygen atoms in total. The van der Waals surface area contributed by atoms with Gasteiger partial charge in [0.05, 0.1) is 0 Å². The number of rotatable bonds is 8. The van der Waals surface area contributed by atoms with Crippen LogP contribution in [-0.4, -0.2) is 25.0 Å². The van der Waals surface area contributed by atoms with E-state index in [1.807, 2.05) is 44.2 Å². The van der Waals surface area contributed by atoms with Gasteiger partial charge in [-0.1, -0.05) is 37.6 Å². The Kier molecular flexibility index (Phi) is 6.75. The minimum Gasteiger partial charge on any atom is -0.483 e. The number of nitrogens with zero attached hydrogens (tertiary/aromatic N) is 1. The van der Waals surface area contributed by atoms with Crippen molar-refractivity contribution in [3.05, 3.63) is 53.1 Å². The average Bonchev–Trinajstić information content (AvgIpc) is 3.17. The maximum Gasteiger partial charge on any atom is 0.277 e. The van der Waals surface area contributed by atoms with E-state index >= 15 is 0 Å². The van der Waals surface area contributed by atoms with Crippen LogP contribution < -0.4 is 19.6 Å². The first-order valence-electron chi connectivity index (χ1n) is 9.86. The molecule has 1 amide bonds. The van der Waals surface area contributed by atoms with Crippen LogP contribution in [0, 0.1) is 6.92 Å². The largest absolute Gasteiger partial charge is 0.483 e. The van der Waals surface area contributed by atoms with Gasteiger partial charge in [-0.05, 0) is 61.9 Å². The summed E-state index contributed by atoms with van der Waals surface area (Å²) in [6, 6.07) is 11.9. The predicted molar refractivity (Wildman–Crippen MR) is 113 cm³/mol. The molecule has 0 saturated carbocycles. The lowest BCUT2D eigenvalue weighted by molar-refractivity contribution is -0.123. The Bertz CT molecular complexity index is 906. The van der Waals surface area contributed by atoms with Gasteiger partial charge in [-0.3, -0.25) is 4.79 Å². The van der Waals surface area contributed by atoms with Gasteiger partial charge < -0.3 is 14.2 Å². The van der Waals surface area contributed by atoms with Gasteiger partial charge in [-0.15, -0.1) is 0 Å². The molecular formula is C23H28N2O4. The van der Waals surface area contributed by atoms with Crippen LogP contribution in [0.2, 0.25) is 0 Å². The molecule has 3 rings (SSSR count). The molecule has 1 N–H and O–H groups in total. The minimum atomic E-state index is -0.275. The van der Waals surface area contributed by atoms with Crippen molar-refractivity contribution in [1.29, 1.82) is 0 Å². The number of ether oxygens (including phenoxy) is 3. The number of carbonyl (C=O) groups is 1. The third kappa shape index (κ3) is 5.73. The molecule has 0 bridgehead atoms. The van der Waals surface area contributed by atoms with E-state index < -0.39 is 0 Å². The second-order valence-electron chi connectivity index (χ2n) is 7.55. The van der Waals surface area contributed by atoms with Crippen LogP contribution >= 0.6 is 0 Å². The predicted octanol–water partition coefficient (Wildman–Crippen LogP) is 4.35. The summed E-state index contributed by atoms with van der Waals surface area (Å²) < 4.78 is 16.4. The number of nitrogens with one attached hydrogen (secondary N) is 1. The fourth-order valence-corrected chi connectivity index (χ4v) is 3.06. The summed E-state index contributed by atoms with van der Waals surface area (Å²) in [5.74, 6) is 2.34. The summed E-state index contributed by atoms with van der Waals surface area (Å²) >= 11 is 0. The highest BCUT2D eigenvalue weighted by Crippen LogP contribution is 2.32. The van der Waals surface area contributed by atoms with E-state index in [0.717, 1.165) is 46.9 Å². The van der Waals surface area contributed by atoms with Crippen LogP contribution in [0.3, 0.4) is 0 Å². The average molecular weight is 396 g/mol. The van der Waals surface area contributed by atoms with Crippen molar-refractivity contribution in [3.8, 4) is 17.2 Å². The van der Waals surface area contributed by atoms with E-state index in [1.165, 1.54) is 5.56 Å². The first-order valence-corrected chi connectivity index (χ1v) is 9.86. The van der Waals surface area contributed by atoms with Crippen molar-refractivity contribution in [2.24, 2.45) is 5.10 Å². The van der Waals surface area contributed by atoms with Gasteiger partial charge in [0, 0.05) is 5.71 Å². The Morgan fingerprint density at radius 3 is 2.76 bits per heavy atom. The van der Waals surface area contributed by atoms with E-state index in [-0.39, 0.29) is 19.3 Å². The molecule has 29 heavy (non-hydrogen) atoms. The molecule has 154 valence electrons. The van der Waals surface area contributed by atoms with Gasteiger partial charge >= 0.3 is 0 Å². The highest BCUT2D eigenvalue weighted by Gasteiger charge is 2.13. The van der Waals surface area contributed by atoms with Crippen LogP contribution in [0.15, 0.2) is 41.5 Å². The zero-order valence-corrected chi connectivity index (χ0v) is 17.5. The maximum absolute atomic E-state index is 12.1. The van der Waals surface area contributed by atoms with Crippen molar-refractivity contribution in [1.82, 2.24) is 5.43 Å². The van der Waals surface area contributed by atoms with Gasteiger partial charge in [0.2, 0.25) is 6.79 Å². The summed E-state index contributed by atoms with van der Waals surface area (Å²) in [6.45, 7) is 8.36. The Hall–Kier alpha value is -3.02. The van der Waals surface area contributed by atoms with Crippen LogP contribution in [0.4, 0.5) is 0 Å². The number of aryl methyl sites for hydroxylation is 2. The number of benzene rings is 2. The Labute approximate surface area is 171 Å². The third-order valence-electron chi connectivity index (χ3n) is 4.73. The summed E-state index contributed by atoms with van der Waals surface area (Å²) in [7, 11) is 0. The summed E-state index contributed by atoms with van der Waals surface area (Å²) in [5, 5.41) is 4.18. The van der Waals surface area contributed by atoms with E-state index in [9.17, 15) is 4.79 Å². The molecular weight excluding hydrogens is 368 g/mol. The molecule has 1 heterocycles. The number of amides is 1. The maximum atomic E-state index is 12.1. The number of carbonyl (C=O) groups excluding carboxylic acids is 1. The van der Waals surface area contributed by atoms with Gasteiger partial charge in [0.1, 0.15) is 5.75 Å². The lowest BCUT2D eigenvalue weighted by atomic mass is 10.00. The van der Waals surface area contributed by atoms with Crippen LogP contribution in [0.1, 0.15) is 49.8 Å². The van der Waals surface area contributed by atoms with E-state index in [1.54, 1.807) is 0 Å². The highest BCUT2D eigenvalue weighted by atomic mass is 16.7. The lowest BCUT2D eigenvalue weighted by Crippen LogP contribution is -2.25. The summed E-state index contributed by atoms with van der Waals surface area (Å²) in [6.07, 6.45) is 1.54. The van der Waals surface area contributed by atoms with Gasteiger partial charge in [0.15, 0.2) is 18.1 Å². The van der Waals surface area contributed by atoms with E-state index in [2.05, 4.69) is 30.4 Å². The third-order valence-corrected chi connectivity index (χ3v) is 4.73. The SMILES string of the molecule is CC(CCc1ccc2c(c1)OCO2)=NNC(=O)COc1ccc(C)cc1C(C)C. The number of hydrogen-bond donors (Lipinski definition) is 1. The molecule has 0 fully saturated rings. The first-order chi connectivity index (χ1) is 13.9. The summed E-state index contributed by atoms with van der Waals surface area (Å²) in [4.78, 5) is 12.1. The number of hydrazone groups is 1. The lowest BCUT2D eigenvalue weighted by Gasteiger charge is -2.14. The molecule has 0 aliphatic carbocycles. The Morgan fingerprint density at radius 2 is 1.97 bits per heavy atom. The smallest absolute Gasteiger partial charge is 0.277 e. The monoisotopic (exact) mass is 396 g/mol. The van der Waals surface area contributed by atoms with Crippen LogP contribution in [0.25, 0.3) is 0 Å². The normalized spacial score (nSPS) is 12.9. The molecule has 0 aromatic heterocycles. The number of fused-ring (bicyclic) bond motifs is 1. The molecule has 0 saturated heterocycles. The quantitative estimate of drug-likeness (QED) is 0.532. The van der Waals surface area contributed by atoms with Crippen molar-refractivity contribution in [2.45, 2.75) is 46.5 Å². The topological polar surface area (TPSA) is 69.2 Å². The molecule has 0 atom stereocenters. The molecule has 0 spiro atoms. The van der Waals surface area contributed by atoms with Gasteiger partial charge in [-0.25, -0.2) is 5.43 Å². The van der Waals surface area contributed by atoms with Crippen LogP contribution in [0.5, 0.6) is 17.2 Å². The van der Waals surface area contributed by atoms with Crippen molar-refractivity contribution in [3.63, 3.8) is 0 Å². The van der Waals surface area contributed by atoms with Crippen LogP contribution in [-0.2, 0) is 11.2 Å². The molecule has 6 heteroatoms. The zero-order chi connectivity index (χ0) is 20.8. The Balaban J connectivity index is 1.46. The van der Waals surface area contributed by atoms with E-state index in [4.69, 9.17) is 14.2 Å². The molecule has 2 aromatic rings. The summed E-state index contributed by atoms with van der Waals surface area (Å²) in [5.41, 5.74) is 6.82. The fraction of sp³-hybridized carbons (Fsp3) is 0.391. The van der Waals surface area contributed by atoms with Crippen molar-refractivity contribution in [2.75, 3.05) is 13.4 Å². The second kappa shape index (κ2) is 9.45. The van der Waals surface area contributed by atoms with Gasteiger partial charge in [-0.2, -0.15) is 5.10 Å². The molecule has 1 aliphatic rings. The molecule has 1 aliphatic heterocycles.